The monoisotopic (exact) mass is 344 g/mol. The largest absolute Gasteiger partial charge is 0.401 e. The van der Waals surface area contributed by atoms with E-state index < -0.39 is 12.7 Å². The van der Waals surface area contributed by atoms with Crippen molar-refractivity contribution in [3.63, 3.8) is 0 Å². The van der Waals surface area contributed by atoms with Crippen molar-refractivity contribution in [1.29, 1.82) is 0 Å². The number of nitrogens with zero attached hydrogens (tertiary/aromatic N) is 3. The summed E-state index contributed by atoms with van der Waals surface area (Å²) in [5, 5.41) is 6.94. The third kappa shape index (κ3) is 4.28. The molecule has 134 valence electrons. The fourth-order valence-corrected chi connectivity index (χ4v) is 3.77. The van der Waals surface area contributed by atoms with E-state index in [-0.39, 0.29) is 17.7 Å². The summed E-state index contributed by atoms with van der Waals surface area (Å²) in [5.74, 6) is 0.233. The summed E-state index contributed by atoms with van der Waals surface area (Å²) in [6.07, 6.45) is 0.548. The molecule has 1 amide bonds. The molecule has 2 aliphatic rings. The lowest BCUT2D eigenvalue weighted by molar-refractivity contribution is -0.151. The number of rotatable bonds is 3. The minimum Gasteiger partial charge on any atom is -0.342 e. The number of hydrogen-bond donors (Lipinski definition) is 1. The van der Waals surface area contributed by atoms with Crippen LogP contribution in [0.15, 0.2) is 12.3 Å². The first-order valence-electron chi connectivity index (χ1n) is 8.49. The van der Waals surface area contributed by atoms with Crippen LogP contribution in [-0.4, -0.2) is 64.8 Å². The topological polar surface area (TPSA) is 52.2 Å². The Bertz CT molecular complexity index is 538. The third-order valence-corrected chi connectivity index (χ3v) is 5.03. The molecule has 0 aromatic carbocycles. The lowest BCUT2D eigenvalue weighted by Gasteiger charge is -2.37. The van der Waals surface area contributed by atoms with Gasteiger partial charge in [0.2, 0.25) is 5.91 Å². The summed E-state index contributed by atoms with van der Waals surface area (Å²) in [7, 11) is 0. The van der Waals surface area contributed by atoms with E-state index in [1.165, 1.54) is 4.90 Å². The average molecular weight is 344 g/mol. The number of hydrogen-bond acceptors (Lipinski definition) is 3. The van der Waals surface area contributed by atoms with Gasteiger partial charge < -0.3 is 4.90 Å². The van der Waals surface area contributed by atoms with Crippen molar-refractivity contribution in [1.82, 2.24) is 20.0 Å². The predicted octanol–water partition coefficient (Wildman–Crippen LogP) is 2.39. The van der Waals surface area contributed by atoms with Gasteiger partial charge >= 0.3 is 6.18 Å². The molecule has 1 N–H and O–H groups in total. The minimum absolute atomic E-state index is 0.103. The Kier molecular flexibility index (Phi) is 5.12. The van der Waals surface area contributed by atoms with Gasteiger partial charge in [-0.15, -0.1) is 0 Å². The summed E-state index contributed by atoms with van der Waals surface area (Å²) in [4.78, 5) is 16.0. The zero-order valence-electron chi connectivity index (χ0n) is 13.6. The Morgan fingerprint density at radius 3 is 2.62 bits per heavy atom. The van der Waals surface area contributed by atoms with Crippen LogP contribution < -0.4 is 0 Å². The molecule has 0 saturated carbocycles. The Labute approximate surface area is 139 Å². The van der Waals surface area contributed by atoms with Crippen molar-refractivity contribution in [2.75, 3.05) is 32.7 Å². The lowest BCUT2D eigenvalue weighted by atomic mass is 9.91. The second-order valence-electron chi connectivity index (χ2n) is 6.80. The number of carbonyl (C=O) groups excluding carboxylic acids is 1. The fourth-order valence-electron chi connectivity index (χ4n) is 3.77. The van der Waals surface area contributed by atoms with Gasteiger partial charge in [-0.05, 0) is 44.8 Å². The summed E-state index contributed by atoms with van der Waals surface area (Å²) in [6.45, 7) is 1.22. The van der Waals surface area contributed by atoms with Crippen LogP contribution in [0.3, 0.4) is 0 Å². The van der Waals surface area contributed by atoms with Gasteiger partial charge in [-0.1, -0.05) is 0 Å². The van der Waals surface area contributed by atoms with E-state index in [9.17, 15) is 18.0 Å². The van der Waals surface area contributed by atoms with Crippen molar-refractivity contribution in [2.24, 2.45) is 5.92 Å². The van der Waals surface area contributed by atoms with Crippen LogP contribution in [-0.2, 0) is 4.79 Å². The SMILES string of the molecule is O=C(C1CCN(CC(F)(F)F)CC1)N1CCC[C@@H](c2ccn[nH]2)C1. The molecule has 1 aromatic heterocycles. The molecule has 8 heteroatoms. The first-order valence-corrected chi connectivity index (χ1v) is 8.49. The molecule has 24 heavy (non-hydrogen) atoms. The summed E-state index contributed by atoms with van der Waals surface area (Å²) in [6, 6.07) is 1.94. The molecule has 0 spiro atoms. The van der Waals surface area contributed by atoms with Crippen molar-refractivity contribution in [3.05, 3.63) is 18.0 Å². The van der Waals surface area contributed by atoms with Crippen LogP contribution in [0.4, 0.5) is 13.2 Å². The Hall–Kier alpha value is -1.57. The summed E-state index contributed by atoms with van der Waals surface area (Å²) < 4.78 is 37.3. The maximum atomic E-state index is 12.7. The summed E-state index contributed by atoms with van der Waals surface area (Å²) in [5.41, 5.74) is 1.05. The maximum absolute atomic E-state index is 12.7. The van der Waals surface area contributed by atoms with E-state index in [1.54, 1.807) is 6.20 Å². The number of nitrogens with one attached hydrogen (secondary N) is 1. The van der Waals surface area contributed by atoms with Crippen molar-refractivity contribution >= 4 is 5.91 Å². The highest BCUT2D eigenvalue weighted by Gasteiger charge is 2.36. The zero-order valence-corrected chi connectivity index (χ0v) is 13.6. The molecule has 3 rings (SSSR count). The van der Waals surface area contributed by atoms with Gasteiger partial charge in [0.05, 0.1) is 6.54 Å². The smallest absolute Gasteiger partial charge is 0.342 e. The van der Waals surface area contributed by atoms with Gasteiger partial charge in [-0.2, -0.15) is 18.3 Å². The van der Waals surface area contributed by atoms with E-state index in [4.69, 9.17) is 0 Å². The molecule has 0 unspecified atom stereocenters. The quantitative estimate of drug-likeness (QED) is 0.916. The number of carbonyl (C=O) groups is 1. The van der Waals surface area contributed by atoms with Crippen LogP contribution in [0.1, 0.15) is 37.3 Å². The Morgan fingerprint density at radius 1 is 1.25 bits per heavy atom. The highest BCUT2D eigenvalue weighted by atomic mass is 19.4. The van der Waals surface area contributed by atoms with E-state index >= 15 is 0 Å². The van der Waals surface area contributed by atoms with E-state index in [1.807, 2.05) is 11.0 Å². The number of amides is 1. The number of alkyl halides is 3. The number of H-pyrrole nitrogens is 1. The molecule has 3 heterocycles. The Balaban J connectivity index is 1.52. The second-order valence-corrected chi connectivity index (χ2v) is 6.80. The van der Waals surface area contributed by atoms with Crippen LogP contribution in [0.25, 0.3) is 0 Å². The number of likely N-dealkylation sites (tertiary alicyclic amines) is 2. The van der Waals surface area contributed by atoms with Crippen LogP contribution in [0, 0.1) is 5.92 Å². The third-order valence-electron chi connectivity index (χ3n) is 5.03. The van der Waals surface area contributed by atoms with Gasteiger partial charge in [-0.25, -0.2) is 0 Å². The normalized spacial score (nSPS) is 24.3. The summed E-state index contributed by atoms with van der Waals surface area (Å²) >= 11 is 0. The molecule has 0 aliphatic carbocycles. The van der Waals surface area contributed by atoms with Crippen molar-refractivity contribution in [3.8, 4) is 0 Å². The number of aromatic nitrogens is 2. The van der Waals surface area contributed by atoms with Gasteiger partial charge in [0.15, 0.2) is 0 Å². The highest BCUT2D eigenvalue weighted by molar-refractivity contribution is 5.79. The molecule has 2 aliphatic heterocycles. The molecule has 2 saturated heterocycles. The van der Waals surface area contributed by atoms with Gasteiger partial charge in [0.1, 0.15) is 0 Å². The first-order chi connectivity index (χ1) is 11.4. The van der Waals surface area contributed by atoms with E-state index in [2.05, 4.69) is 10.2 Å². The fraction of sp³-hybridized carbons (Fsp3) is 0.750. The molecule has 1 aromatic rings. The van der Waals surface area contributed by atoms with Gasteiger partial charge in [-0.3, -0.25) is 14.8 Å². The van der Waals surface area contributed by atoms with Crippen LogP contribution >= 0.6 is 0 Å². The molecule has 0 bridgehead atoms. The van der Waals surface area contributed by atoms with Crippen molar-refractivity contribution < 1.29 is 18.0 Å². The van der Waals surface area contributed by atoms with E-state index in [0.29, 0.717) is 32.5 Å². The van der Waals surface area contributed by atoms with Crippen molar-refractivity contribution in [2.45, 2.75) is 37.8 Å². The first kappa shape index (κ1) is 17.3. The molecular formula is C16H23F3N4O. The predicted molar refractivity (Wildman–Crippen MR) is 82.4 cm³/mol. The minimum atomic E-state index is -4.17. The lowest BCUT2D eigenvalue weighted by Crippen LogP contribution is -2.47. The van der Waals surface area contributed by atoms with E-state index in [0.717, 1.165) is 25.1 Å². The molecule has 0 radical (unpaired) electrons. The molecule has 2 fully saturated rings. The highest BCUT2D eigenvalue weighted by Crippen LogP contribution is 2.29. The number of halogens is 3. The average Bonchev–Trinajstić information content (AvgIpc) is 3.08. The zero-order chi connectivity index (χ0) is 17.2. The van der Waals surface area contributed by atoms with Gasteiger partial charge in [0.25, 0.3) is 0 Å². The maximum Gasteiger partial charge on any atom is 0.401 e. The molecular weight excluding hydrogens is 321 g/mol. The second kappa shape index (κ2) is 7.13. The molecule has 1 atom stereocenters. The number of aromatic amines is 1. The Morgan fingerprint density at radius 2 is 2.00 bits per heavy atom. The number of piperidine rings is 2. The standard InChI is InChI=1S/C16H23F3N4O/c17-16(18,19)11-22-8-4-12(5-9-22)15(24)23-7-1-2-13(10-23)14-3-6-20-21-14/h3,6,12-13H,1-2,4-5,7-11H2,(H,20,21)/t13-/m1/s1. The van der Waals surface area contributed by atoms with Gasteiger partial charge in [0, 0.05) is 36.8 Å². The van der Waals surface area contributed by atoms with Crippen LogP contribution in [0.2, 0.25) is 0 Å². The molecule has 5 nitrogen and oxygen atoms in total. The van der Waals surface area contributed by atoms with Crippen LogP contribution in [0.5, 0.6) is 0 Å².